The summed E-state index contributed by atoms with van der Waals surface area (Å²) in [5, 5.41) is 5.79. The second-order valence-electron chi connectivity index (χ2n) is 9.31. The predicted octanol–water partition coefficient (Wildman–Crippen LogP) is 3.94. The number of nitrogens with one attached hydrogen (secondary N) is 2. The Morgan fingerprint density at radius 3 is 2.49 bits per heavy atom. The average Bonchev–Trinajstić information content (AvgIpc) is 2.78. The minimum atomic E-state index is -0.677. The third-order valence-corrected chi connectivity index (χ3v) is 5.44. The topological polar surface area (TPSA) is 127 Å². The van der Waals surface area contributed by atoms with Gasteiger partial charge in [0.1, 0.15) is 11.6 Å². The standard InChI is InChI=1S/C25H31N5O5/c1-14-17(29-24(33)35-25(4,5)6)11-12-19-20(14)22(32)34-23(28-19)30(7)16(3)21(31)27-15(2)18-10-8-9-13-26-18/h8-13,15-16H,1-7H3,(H,27,31)(H,29,33)/t15?,16-/m0/s1. The van der Waals surface area contributed by atoms with Crippen molar-refractivity contribution in [1.29, 1.82) is 0 Å². The van der Waals surface area contributed by atoms with E-state index in [1.165, 1.54) is 4.90 Å². The van der Waals surface area contributed by atoms with Gasteiger partial charge in [-0.05, 0) is 71.4 Å². The van der Waals surface area contributed by atoms with Gasteiger partial charge in [-0.1, -0.05) is 6.07 Å². The summed E-state index contributed by atoms with van der Waals surface area (Å²) in [7, 11) is 1.62. The monoisotopic (exact) mass is 481 g/mol. The van der Waals surface area contributed by atoms with E-state index in [0.29, 0.717) is 16.8 Å². The summed E-state index contributed by atoms with van der Waals surface area (Å²) in [5.41, 5.74) is 0.739. The van der Waals surface area contributed by atoms with E-state index in [9.17, 15) is 14.4 Å². The highest BCUT2D eigenvalue weighted by molar-refractivity contribution is 5.93. The number of aryl methyl sites for hydroxylation is 1. The molecule has 3 rings (SSSR count). The van der Waals surface area contributed by atoms with E-state index in [0.717, 1.165) is 5.69 Å². The van der Waals surface area contributed by atoms with E-state index in [4.69, 9.17) is 9.15 Å². The number of anilines is 2. The second-order valence-corrected chi connectivity index (χ2v) is 9.31. The normalized spacial score (nSPS) is 13.1. The highest BCUT2D eigenvalue weighted by Gasteiger charge is 2.25. The fourth-order valence-corrected chi connectivity index (χ4v) is 3.39. The Labute approximate surface area is 203 Å². The maximum absolute atomic E-state index is 12.9. The van der Waals surface area contributed by atoms with Crippen molar-refractivity contribution in [2.24, 2.45) is 0 Å². The summed E-state index contributed by atoms with van der Waals surface area (Å²) in [6.45, 7) is 10.5. The number of hydrogen-bond donors (Lipinski definition) is 2. The molecule has 2 aromatic heterocycles. The van der Waals surface area contributed by atoms with Crippen LogP contribution in [0.4, 0.5) is 16.5 Å². The van der Waals surface area contributed by atoms with Crippen LogP contribution in [0.2, 0.25) is 0 Å². The van der Waals surface area contributed by atoms with Gasteiger partial charge in [0.15, 0.2) is 0 Å². The zero-order chi connectivity index (χ0) is 25.9. The Morgan fingerprint density at radius 1 is 1.14 bits per heavy atom. The molecule has 35 heavy (non-hydrogen) atoms. The Morgan fingerprint density at radius 2 is 1.86 bits per heavy atom. The van der Waals surface area contributed by atoms with Crippen LogP contribution in [0, 0.1) is 6.92 Å². The molecule has 0 bridgehead atoms. The van der Waals surface area contributed by atoms with Crippen molar-refractivity contribution < 1.29 is 18.7 Å². The van der Waals surface area contributed by atoms with Crippen molar-refractivity contribution in [1.82, 2.24) is 15.3 Å². The summed E-state index contributed by atoms with van der Waals surface area (Å²) in [6.07, 6.45) is 1.03. The molecular formula is C25H31N5O5. The molecule has 3 aromatic rings. The third kappa shape index (κ3) is 6.14. The van der Waals surface area contributed by atoms with Crippen molar-refractivity contribution in [3.8, 4) is 0 Å². The summed E-state index contributed by atoms with van der Waals surface area (Å²) >= 11 is 0. The number of aromatic nitrogens is 2. The average molecular weight is 482 g/mol. The molecule has 0 aliphatic heterocycles. The van der Waals surface area contributed by atoms with E-state index < -0.39 is 23.4 Å². The zero-order valence-corrected chi connectivity index (χ0v) is 21.0. The molecule has 10 heteroatoms. The van der Waals surface area contributed by atoms with Gasteiger partial charge < -0.3 is 19.4 Å². The number of pyridine rings is 1. The lowest BCUT2D eigenvalue weighted by molar-refractivity contribution is -0.122. The fraction of sp³-hybridized carbons (Fsp3) is 0.400. The number of fused-ring (bicyclic) bond motifs is 1. The SMILES string of the molecule is Cc1c(NC(=O)OC(C)(C)C)ccc2nc(N(C)[C@@H](C)C(=O)NC(C)c3ccccn3)oc(=O)c12. The molecule has 0 aliphatic rings. The maximum atomic E-state index is 12.9. The van der Waals surface area contributed by atoms with E-state index in [1.807, 2.05) is 19.1 Å². The molecule has 0 saturated carbocycles. The van der Waals surface area contributed by atoms with Gasteiger partial charge in [0, 0.05) is 18.9 Å². The Hall–Kier alpha value is -3.95. The lowest BCUT2D eigenvalue weighted by Crippen LogP contribution is -2.44. The largest absolute Gasteiger partial charge is 0.444 e. The Balaban J connectivity index is 1.81. The maximum Gasteiger partial charge on any atom is 0.412 e. The first-order chi connectivity index (χ1) is 16.4. The number of nitrogens with zero attached hydrogens (tertiary/aromatic N) is 3. The number of hydrogen-bond acceptors (Lipinski definition) is 8. The number of amides is 2. The molecule has 0 fully saturated rings. The molecule has 0 aliphatic carbocycles. The molecule has 0 spiro atoms. The molecule has 2 amide bonds. The summed E-state index contributed by atoms with van der Waals surface area (Å²) in [6, 6.07) is 7.77. The molecular weight excluding hydrogens is 450 g/mol. The molecule has 1 aromatic carbocycles. The van der Waals surface area contributed by atoms with Crippen LogP contribution in [-0.2, 0) is 9.53 Å². The molecule has 186 valence electrons. The number of benzene rings is 1. The van der Waals surface area contributed by atoms with Crippen LogP contribution in [-0.4, -0.2) is 40.7 Å². The van der Waals surface area contributed by atoms with Gasteiger partial charge in [-0.25, -0.2) is 9.59 Å². The van der Waals surface area contributed by atoms with Gasteiger partial charge in [0.2, 0.25) is 5.91 Å². The summed E-state index contributed by atoms with van der Waals surface area (Å²) < 4.78 is 10.7. The van der Waals surface area contributed by atoms with Crippen molar-refractivity contribution in [3.05, 3.63) is 58.2 Å². The Kier molecular flexibility index (Phi) is 7.42. The highest BCUT2D eigenvalue weighted by atomic mass is 16.6. The van der Waals surface area contributed by atoms with E-state index >= 15 is 0 Å². The van der Waals surface area contributed by atoms with Crippen LogP contribution >= 0.6 is 0 Å². The first kappa shape index (κ1) is 25.7. The number of carbonyl (C=O) groups excluding carboxylic acids is 2. The van der Waals surface area contributed by atoms with Crippen LogP contribution in [0.25, 0.3) is 10.9 Å². The minimum Gasteiger partial charge on any atom is -0.444 e. The van der Waals surface area contributed by atoms with Gasteiger partial charge in [-0.2, -0.15) is 4.98 Å². The van der Waals surface area contributed by atoms with E-state index in [2.05, 4.69) is 20.6 Å². The van der Waals surface area contributed by atoms with Crippen LogP contribution in [0.1, 0.15) is 51.9 Å². The smallest absolute Gasteiger partial charge is 0.412 e. The summed E-state index contributed by atoms with van der Waals surface area (Å²) in [5.74, 6) is -0.275. The quantitative estimate of drug-likeness (QED) is 0.542. The van der Waals surface area contributed by atoms with E-state index in [1.54, 1.807) is 66.1 Å². The van der Waals surface area contributed by atoms with Gasteiger partial charge in [0.25, 0.3) is 0 Å². The second kappa shape index (κ2) is 10.1. The molecule has 2 heterocycles. The number of rotatable bonds is 6. The minimum absolute atomic E-state index is 0.00268. The Bertz CT molecular complexity index is 1280. The molecule has 10 nitrogen and oxygen atoms in total. The first-order valence-corrected chi connectivity index (χ1v) is 11.3. The van der Waals surface area contributed by atoms with Crippen molar-refractivity contribution in [3.63, 3.8) is 0 Å². The van der Waals surface area contributed by atoms with Crippen molar-refractivity contribution in [2.75, 3.05) is 17.3 Å². The predicted molar refractivity (Wildman–Crippen MR) is 134 cm³/mol. The van der Waals surface area contributed by atoms with Gasteiger partial charge in [0.05, 0.1) is 22.6 Å². The summed E-state index contributed by atoms with van der Waals surface area (Å²) in [4.78, 5) is 48.0. The molecule has 0 saturated heterocycles. The van der Waals surface area contributed by atoms with Gasteiger partial charge >= 0.3 is 17.7 Å². The number of likely N-dealkylation sites (N-methyl/N-ethyl adjacent to an activating group) is 1. The molecule has 2 atom stereocenters. The lowest BCUT2D eigenvalue weighted by Gasteiger charge is -2.25. The first-order valence-electron chi connectivity index (χ1n) is 11.3. The number of carbonyl (C=O) groups is 2. The van der Waals surface area contributed by atoms with Crippen LogP contribution in [0.5, 0.6) is 0 Å². The van der Waals surface area contributed by atoms with Crippen molar-refractivity contribution >= 4 is 34.6 Å². The van der Waals surface area contributed by atoms with Crippen molar-refractivity contribution in [2.45, 2.75) is 59.2 Å². The van der Waals surface area contributed by atoms with Gasteiger partial charge in [-0.3, -0.25) is 15.1 Å². The molecule has 2 N–H and O–H groups in total. The fourth-order valence-electron chi connectivity index (χ4n) is 3.39. The third-order valence-electron chi connectivity index (χ3n) is 5.44. The van der Waals surface area contributed by atoms with Gasteiger partial charge in [-0.15, -0.1) is 0 Å². The van der Waals surface area contributed by atoms with Crippen LogP contribution in [0.15, 0.2) is 45.7 Å². The lowest BCUT2D eigenvalue weighted by atomic mass is 10.1. The molecule has 0 radical (unpaired) electrons. The molecule has 1 unspecified atom stereocenters. The highest BCUT2D eigenvalue weighted by Crippen LogP contribution is 2.25. The zero-order valence-electron chi connectivity index (χ0n) is 21.0. The van der Waals surface area contributed by atoms with Crippen LogP contribution in [0.3, 0.4) is 0 Å². The van der Waals surface area contributed by atoms with Crippen LogP contribution < -0.4 is 21.2 Å². The van der Waals surface area contributed by atoms with E-state index in [-0.39, 0.29) is 23.3 Å². The number of ether oxygens (including phenoxy) is 1.